The molecule has 0 aliphatic rings. The number of carbonyl (C=O) groups is 3. The van der Waals surface area contributed by atoms with E-state index in [4.69, 9.17) is 0 Å². The Morgan fingerprint density at radius 2 is 1.47 bits per heavy atom. The summed E-state index contributed by atoms with van der Waals surface area (Å²) in [6, 6.07) is 19.9. The van der Waals surface area contributed by atoms with E-state index >= 15 is 0 Å². The lowest BCUT2D eigenvalue weighted by Crippen LogP contribution is -2.36. The third-order valence-corrected chi connectivity index (χ3v) is 5.85. The van der Waals surface area contributed by atoms with Gasteiger partial charge in [-0.25, -0.2) is 4.68 Å². The zero-order valence-corrected chi connectivity index (χ0v) is 20.5. The van der Waals surface area contributed by atoms with Crippen LogP contribution >= 0.6 is 15.9 Å². The van der Waals surface area contributed by atoms with E-state index in [1.807, 2.05) is 57.2 Å². The van der Waals surface area contributed by atoms with Crippen molar-refractivity contribution in [1.82, 2.24) is 4.68 Å². The fourth-order valence-corrected chi connectivity index (χ4v) is 3.97. The van der Waals surface area contributed by atoms with Crippen LogP contribution in [0.1, 0.15) is 27.2 Å². The molecule has 0 saturated carbocycles. The summed E-state index contributed by atoms with van der Waals surface area (Å²) in [6.45, 7) is 5.82. The molecule has 0 radical (unpaired) electrons. The summed E-state index contributed by atoms with van der Waals surface area (Å²) >= 11 is 3.43. The number of carbonyl (C=O) groups excluding carboxylic acids is 3. The van der Waals surface area contributed by atoms with Crippen molar-refractivity contribution in [3.05, 3.63) is 93.6 Å². The molecule has 3 amide bonds. The Bertz CT molecular complexity index is 1420. The van der Waals surface area contributed by atoms with Gasteiger partial charge in [0.25, 0.3) is 5.91 Å². The van der Waals surface area contributed by atoms with Gasteiger partial charge in [0.1, 0.15) is 5.69 Å². The first kappa shape index (κ1) is 23.3. The molecule has 7 nitrogen and oxygen atoms in total. The van der Waals surface area contributed by atoms with Gasteiger partial charge in [0.15, 0.2) is 0 Å². The molecule has 3 N–H and O–H groups in total. The summed E-state index contributed by atoms with van der Waals surface area (Å²) in [5.74, 6) is -2.16. The maximum absolute atomic E-state index is 13.2. The Balaban J connectivity index is 1.63. The van der Waals surface area contributed by atoms with Gasteiger partial charge in [-0.3, -0.25) is 19.8 Å². The predicted molar refractivity (Wildman–Crippen MR) is 138 cm³/mol. The van der Waals surface area contributed by atoms with Crippen LogP contribution in [0.4, 0.5) is 11.4 Å². The van der Waals surface area contributed by atoms with Crippen LogP contribution in [0.15, 0.2) is 71.2 Å². The topological polar surface area (TPSA) is 92.2 Å². The van der Waals surface area contributed by atoms with Crippen molar-refractivity contribution < 1.29 is 14.4 Å². The molecular formula is C26H23BrN4O3. The van der Waals surface area contributed by atoms with Crippen LogP contribution in [-0.2, 0) is 9.59 Å². The second-order valence-corrected chi connectivity index (χ2v) is 9.02. The molecule has 172 valence electrons. The van der Waals surface area contributed by atoms with Crippen LogP contribution in [0.25, 0.3) is 10.9 Å². The number of anilines is 2. The van der Waals surface area contributed by atoms with Crippen molar-refractivity contribution in [3.8, 4) is 0 Å². The van der Waals surface area contributed by atoms with E-state index in [0.717, 1.165) is 26.5 Å². The van der Waals surface area contributed by atoms with E-state index in [9.17, 15) is 14.4 Å². The van der Waals surface area contributed by atoms with Gasteiger partial charge >= 0.3 is 11.8 Å². The molecule has 8 heteroatoms. The Morgan fingerprint density at radius 3 is 2.18 bits per heavy atom. The number of halogens is 1. The lowest BCUT2D eigenvalue weighted by atomic mass is 10.1. The van der Waals surface area contributed by atoms with E-state index in [-0.39, 0.29) is 5.69 Å². The number of aryl methyl sites for hydroxylation is 3. The van der Waals surface area contributed by atoms with Gasteiger partial charge in [0, 0.05) is 21.2 Å². The fraction of sp³-hybridized carbons (Fsp3) is 0.115. The molecule has 4 aromatic rings. The highest BCUT2D eigenvalue weighted by Gasteiger charge is 2.21. The maximum Gasteiger partial charge on any atom is 0.328 e. The largest absolute Gasteiger partial charge is 0.328 e. The van der Waals surface area contributed by atoms with E-state index in [1.54, 1.807) is 30.3 Å². The summed E-state index contributed by atoms with van der Waals surface area (Å²) in [4.78, 5) is 38.5. The molecule has 0 saturated heterocycles. The molecule has 0 unspecified atom stereocenters. The summed E-state index contributed by atoms with van der Waals surface area (Å²) < 4.78 is 2.15. The Kier molecular flexibility index (Phi) is 6.51. The van der Waals surface area contributed by atoms with Crippen molar-refractivity contribution in [2.24, 2.45) is 0 Å². The number of hydrogen-bond donors (Lipinski definition) is 3. The highest BCUT2D eigenvalue weighted by atomic mass is 79.9. The van der Waals surface area contributed by atoms with Crippen LogP contribution < -0.4 is 16.1 Å². The number of rotatable bonds is 4. The van der Waals surface area contributed by atoms with E-state index in [1.165, 1.54) is 4.68 Å². The molecule has 0 aliphatic carbocycles. The Labute approximate surface area is 205 Å². The van der Waals surface area contributed by atoms with Crippen LogP contribution in [0.5, 0.6) is 0 Å². The first-order valence-corrected chi connectivity index (χ1v) is 11.4. The highest BCUT2D eigenvalue weighted by Crippen LogP contribution is 2.24. The Hall–Kier alpha value is -3.91. The third kappa shape index (κ3) is 5.02. The van der Waals surface area contributed by atoms with Gasteiger partial charge in [-0.2, -0.15) is 0 Å². The molecule has 1 heterocycles. The number of benzene rings is 3. The average Bonchev–Trinajstić information content (AvgIpc) is 3.14. The number of amides is 3. The van der Waals surface area contributed by atoms with Crippen molar-refractivity contribution >= 4 is 55.9 Å². The summed E-state index contributed by atoms with van der Waals surface area (Å²) in [5, 5.41) is 6.18. The van der Waals surface area contributed by atoms with Crippen LogP contribution in [0.2, 0.25) is 0 Å². The quantitative estimate of drug-likeness (QED) is 0.320. The normalized spacial score (nSPS) is 10.7. The molecule has 3 aromatic carbocycles. The van der Waals surface area contributed by atoms with Crippen molar-refractivity contribution in [2.75, 3.05) is 16.1 Å². The zero-order chi connectivity index (χ0) is 24.4. The Morgan fingerprint density at radius 1 is 0.765 bits per heavy atom. The smallest absolute Gasteiger partial charge is 0.320 e. The van der Waals surface area contributed by atoms with Gasteiger partial charge in [0.05, 0.1) is 5.52 Å². The first-order valence-electron chi connectivity index (χ1n) is 10.6. The SMILES string of the molecule is Cc1ccc(NC(=O)C(=O)Nn2c(C(=O)Nc3ccc(C)cc3C)cc3cc(Br)ccc32)cc1. The minimum absolute atomic E-state index is 0.185. The van der Waals surface area contributed by atoms with Gasteiger partial charge in [-0.1, -0.05) is 51.3 Å². The molecule has 0 atom stereocenters. The maximum atomic E-state index is 13.2. The van der Waals surface area contributed by atoms with Crippen molar-refractivity contribution in [2.45, 2.75) is 20.8 Å². The van der Waals surface area contributed by atoms with Gasteiger partial charge in [-0.05, 0) is 68.8 Å². The monoisotopic (exact) mass is 518 g/mol. The third-order valence-electron chi connectivity index (χ3n) is 5.36. The second-order valence-electron chi connectivity index (χ2n) is 8.10. The molecule has 1 aromatic heterocycles. The summed E-state index contributed by atoms with van der Waals surface area (Å²) in [5.41, 5.74) is 7.52. The second kappa shape index (κ2) is 9.52. The van der Waals surface area contributed by atoms with Crippen LogP contribution in [0, 0.1) is 20.8 Å². The minimum atomic E-state index is -0.901. The van der Waals surface area contributed by atoms with E-state index in [2.05, 4.69) is 32.0 Å². The van der Waals surface area contributed by atoms with Crippen LogP contribution in [-0.4, -0.2) is 22.4 Å². The number of aromatic nitrogens is 1. The lowest BCUT2D eigenvalue weighted by molar-refractivity contribution is -0.133. The molecular weight excluding hydrogens is 496 g/mol. The molecule has 0 bridgehead atoms. The minimum Gasteiger partial charge on any atom is -0.320 e. The van der Waals surface area contributed by atoms with E-state index < -0.39 is 17.7 Å². The van der Waals surface area contributed by atoms with E-state index in [0.29, 0.717) is 16.9 Å². The zero-order valence-electron chi connectivity index (χ0n) is 18.9. The molecule has 4 rings (SSSR count). The van der Waals surface area contributed by atoms with Crippen molar-refractivity contribution in [1.29, 1.82) is 0 Å². The molecule has 0 aliphatic heterocycles. The number of nitrogens with zero attached hydrogens (tertiary/aromatic N) is 1. The standard InChI is InChI=1S/C26H23BrN4O3/c1-15-4-8-20(9-5-15)28-25(33)26(34)30-31-22-11-7-19(27)13-18(22)14-23(31)24(32)29-21-10-6-16(2)12-17(21)3/h4-14H,1-3H3,(H,28,33)(H,29,32)(H,30,34). The average molecular weight is 519 g/mol. The molecule has 34 heavy (non-hydrogen) atoms. The number of fused-ring (bicyclic) bond motifs is 1. The predicted octanol–water partition coefficient (Wildman–Crippen LogP) is 5.29. The number of nitrogens with one attached hydrogen (secondary N) is 3. The van der Waals surface area contributed by atoms with Crippen molar-refractivity contribution in [3.63, 3.8) is 0 Å². The van der Waals surface area contributed by atoms with Crippen LogP contribution in [0.3, 0.4) is 0 Å². The first-order chi connectivity index (χ1) is 16.2. The fourth-order valence-electron chi connectivity index (χ4n) is 3.59. The highest BCUT2D eigenvalue weighted by molar-refractivity contribution is 9.10. The van der Waals surface area contributed by atoms with Gasteiger partial charge < -0.3 is 10.6 Å². The summed E-state index contributed by atoms with van der Waals surface area (Å²) in [7, 11) is 0. The molecule has 0 fully saturated rings. The van der Waals surface area contributed by atoms with Gasteiger partial charge in [0.2, 0.25) is 0 Å². The van der Waals surface area contributed by atoms with Gasteiger partial charge in [-0.15, -0.1) is 0 Å². The summed E-state index contributed by atoms with van der Waals surface area (Å²) in [6.07, 6.45) is 0. The number of hydrogen-bond acceptors (Lipinski definition) is 3. The molecule has 0 spiro atoms. The lowest BCUT2D eigenvalue weighted by Gasteiger charge is -2.14.